The Kier molecular flexibility index (Phi) is 5.64. The molecule has 3 rings (SSSR count). The molecule has 0 spiro atoms. The minimum Gasteiger partial charge on any atom is -0.207 e. The van der Waals surface area contributed by atoms with Gasteiger partial charge in [-0.05, 0) is 79.3 Å². The average Bonchev–Trinajstić information content (AvgIpc) is 2.59. The van der Waals surface area contributed by atoms with Crippen molar-refractivity contribution in [1.29, 1.82) is 0 Å². The van der Waals surface area contributed by atoms with Crippen LogP contribution in [0.2, 0.25) is 0 Å². The van der Waals surface area contributed by atoms with E-state index in [9.17, 15) is 22.0 Å². The molecule has 5 heteroatoms. The van der Waals surface area contributed by atoms with Crippen LogP contribution in [0.4, 0.5) is 22.0 Å². The van der Waals surface area contributed by atoms with Crippen LogP contribution >= 0.6 is 0 Å². The molecule has 0 amide bonds. The molecule has 0 bridgehead atoms. The minimum atomic E-state index is -1.43. The van der Waals surface area contributed by atoms with E-state index < -0.39 is 29.1 Å². The van der Waals surface area contributed by atoms with Gasteiger partial charge in [-0.2, -0.15) is 0 Å². The highest BCUT2D eigenvalue weighted by atomic mass is 19.2. The standard InChI is InChI=1S/C21H21F5/c1-2-3-13-9-17(22)16(18(23)10-13)7-5-12-4-6-15-14(8-12)11-19(24)21(26)20(15)25/h9-12H,2-8H2,1H3. The van der Waals surface area contributed by atoms with Crippen LogP contribution in [0, 0.1) is 35.0 Å². The van der Waals surface area contributed by atoms with Crippen molar-refractivity contribution >= 4 is 0 Å². The molecule has 1 aliphatic rings. The number of hydrogen-bond acceptors (Lipinski definition) is 0. The van der Waals surface area contributed by atoms with Crippen LogP contribution in [0.15, 0.2) is 18.2 Å². The summed E-state index contributed by atoms with van der Waals surface area (Å²) in [6.07, 6.45) is 3.47. The molecule has 0 heterocycles. The third-order valence-corrected chi connectivity index (χ3v) is 5.21. The Morgan fingerprint density at radius 3 is 2.23 bits per heavy atom. The van der Waals surface area contributed by atoms with Gasteiger partial charge in [0.1, 0.15) is 11.6 Å². The van der Waals surface area contributed by atoms with E-state index in [1.54, 1.807) is 0 Å². The summed E-state index contributed by atoms with van der Waals surface area (Å²) in [5.41, 5.74) is 1.39. The van der Waals surface area contributed by atoms with E-state index in [1.165, 1.54) is 12.1 Å². The first kappa shape index (κ1) is 18.9. The smallest absolute Gasteiger partial charge is 0.194 e. The van der Waals surface area contributed by atoms with Crippen LogP contribution in [0.25, 0.3) is 0 Å². The molecule has 0 saturated carbocycles. The Labute approximate surface area is 150 Å². The molecular weight excluding hydrogens is 347 g/mol. The zero-order valence-corrected chi connectivity index (χ0v) is 14.6. The van der Waals surface area contributed by atoms with Gasteiger partial charge in [0.15, 0.2) is 17.5 Å². The van der Waals surface area contributed by atoms with E-state index in [2.05, 4.69) is 0 Å². The summed E-state index contributed by atoms with van der Waals surface area (Å²) in [5.74, 6) is -4.75. The summed E-state index contributed by atoms with van der Waals surface area (Å²) in [5, 5.41) is 0. The van der Waals surface area contributed by atoms with Gasteiger partial charge in [0.2, 0.25) is 0 Å². The van der Waals surface area contributed by atoms with Gasteiger partial charge < -0.3 is 0 Å². The predicted molar refractivity (Wildman–Crippen MR) is 90.5 cm³/mol. The van der Waals surface area contributed by atoms with Gasteiger partial charge in [-0.3, -0.25) is 0 Å². The monoisotopic (exact) mass is 368 g/mol. The summed E-state index contributed by atoms with van der Waals surface area (Å²) in [7, 11) is 0. The van der Waals surface area contributed by atoms with Gasteiger partial charge in [-0.25, -0.2) is 22.0 Å². The Hall–Kier alpha value is -1.91. The van der Waals surface area contributed by atoms with E-state index in [1.807, 2.05) is 6.92 Å². The Morgan fingerprint density at radius 1 is 0.885 bits per heavy atom. The second-order valence-corrected chi connectivity index (χ2v) is 7.06. The number of benzene rings is 2. The molecule has 0 fully saturated rings. The van der Waals surface area contributed by atoms with Crippen LogP contribution in [0.5, 0.6) is 0 Å². The minimum absolute atomic E-state index is 0.0564. The summed E-state index contributed by atoms with van der Waals surface area (Å²) in [6.45, 7) is 1.95. The predicted octanol–water partition coefficient (Wildman–Crippen LogP) is 6.07. The summed E-state index contributed by atoms with van der Waals surface area (Å²) >= 11 is 0. The van der Waals surface area contributed by atoms with E-state index >= 15 is 0 Å². The number of fused-ring (bicyclic) bond motifs is 1. The van der Waals surface area contributed by atoms with Crippen molar-refractivity contribution < 1.29 is 22.0 Å². The number of halogens is 5. The molecule has 1 aliphatic carbocycles. The summed E-state index contributed by atoms with van der Waals surface area (Å²) in [6, 6.07) is 3.80. The van der Waals surface area contributed by atoms with Gasteiger partial charge in [0.05, 0.1) is 0 Å². The lowest BCUT2D eigenvalue weighted by Gasteiger charge is -2.25. The second-order valence-electron chi connectivity index (χ2n) is 7.06. The van der Waals surface area contributed by atoms with Crippen molar-refractivity contribution in [2.45, 2.75) is 51.9 Å². The van der Waals surface area contributed by atoms with E-state index in [0.717, 1.165) is 12.5 Å². The highest BCUT2D eigenvalue weighted by molar-refractivity contribution is 5.33. The first-order valence-corrected chi connectivity index (χ1v) is 9.02. The highest BCUT2D eigenvalue weighted by Gasteiger charge is 2.26. The zero-order valence-electron chi connectivity index (χ0n) is 14.6. The lowest BCUT2D eigenvalue weighted by molar-refractivity contribution is 0.390. The van der Waals surface area contributed by atoms with Gasteiger partial charge >= 0.3 is 0 Å². The maximum Gasteiger partial charge on any atom is 0.194 e. The molecule has 26 heavy (non-hydrogen) atoms. The van der Waals surface area contributed by atoms with Crippen LogP contribution in [0.1, 0.15) is 48.4 Å². The fourth-order valence-corrected chi connectivity index (χ4v) is 3.82. The van der Waals surface area contributed by atoms with Crippen molar-refractivity contribution in [3.63, 3.8) is 0 Å². The normalized spacial score (nSPS) is 16.6. The Morgan fingerprint density at radius 2 is 1.58 bits per heavy atom. The van der Waals surface area contributed by atoms with Crippen LogP contribution in [-0.4, -0.2) is 0 Å². The quantitative estimate of drug-likeness (QED) is 0.444. The summed E-state index contributed by atoms with van der Waals surface area (Å²) in [4.78, 5) is 0. The van der Waals surface area contributed by atoms with E-state index in [4.69, 9.17) is 0 Å². The van der Waals surface area contributed by atoms with E-state index in [0.29, 0.717) is 43.2 Å². The fraction of sp³-hybridized carbons (Fsp3) is 0.429. The first-order valence-electron chi connectivity index (χ1n) is 9.02. The maximum absolute atomic E-state index is 14.2. The Balaban J connectivity index is 1.70. The number of hydrogen-bond donors (Lipinski definition) is 0. The van der Waals surface area contributed by atoms with Gasteiger partial charge in [0, 0.05) is 5.56 Å². The molecule has 0 radical (unpaired) electrons. The van der Waals surface area contributed by atoms with Crippen LogP contribution < -0.4 is 0 Å². The topological polar surface area (TPSA) is 0 Å². The van der Waals surface area contributed by atoms with Gasteiger partial charge in [0.25, 0.3) is 0 Å². The third kappa shape index (κ3) is 3.76. The third-order valence-electron chi connectivity index (χ3n) is 5.21. The summed E-state index contributed by atoms with van der Waals surface area (Å²) < 4.78 is 69.0. The first-order chi connectivity index (χ1) is 12.4. The lowest BCUT2D eigenvalue weighted by atomic mass is 9.80. The fourth-order valence-electron chi connectivity index (χ4n) is 3.82. The number of rotatable bonds is 5. The molecule has 1 atom stereocenters. The van der Waals surface area contributed by atoms with Crippen molar-refractivity contribution in [3.05, 3.63) is 69.5 Å². The van der Waals surface area contributed by atoms with Crippen molar-refractivity contribution in [2.75, 3.05) is 0 Å². The molecule has 140 valence electrons. The molecule has 1 unspecified atom stereocenters. The largest absolute Gasteiger partial charge is 0.207 e. The molecule has 0 nitrogen and oxygen atoms in total. The highest BCUT2D eigenvalue weighted by Crippen LogP contribution is 2.32. The molecule has 0 saturated heterocycles. The number of aryl methyl sites for hydroxylation is 1. The van der Waals surface area contributed by atoms with Gasteiger partial charge in [-0.15, -0.1) is 0 Å². The average molecular weight is 368 g/mol. The second kappa shape index (κ2) is 7.77. The lowest BCUT2D eigenvalue weighted by Crippen LogP contribution is -2.18. The molecule has 2 aromatic carbocycles. The molecule has 0 N–H and O–H groups in total. The molecule has 2 aromatic rings. The molecule has 0 aliphatic heterocycles. The maximum atomic E-state index is 14.2. The van der Waals surface area contributed by atoms with Gasteiger partial charge in [-0.1, -0.05) is 13.3 Å². The van der Waals surface area contributed by atoms with Crippen molar-refractivity contribution in [2.24, 2.45) is 5.92 Å². The van der Waals surface area contributed by atoms with E-state index in [-0.39, 0.29) is 23.5 Å². The van der Waals surface area contributed by atoms with Crippen LogP contribution in [-0.2, 0) is 25.7 Å². The Bertz CT molecular complexity index is 790. The SMILES string of the molecule is CCCc1cc(F)c(CCC2CCc3c(cc(F)c(F)c3F)C2)c(F)c1. The van der Waals surface area contributed by atoms with Crippen molar-refractivity contribution in [1.82, 2.24) is 0 Å². The molecule has 0 aromatic heterocycles. The zero-order chi connectivity index (χ0) is 18.8. The molecular formula is C21H21F5. The van der Waals surface area contributed by atoms with Crippen molar-refractivity contribution in [3.8, 4) is 0 Å². The van der Waals surface area contributed by atoms with Crippen LogP contribution in [0.3, 0.4) is 0 Å².